The van der Waals surface area contributed by atoms with Crippen LogP contribution in [0.4, 0.5) is 17.1 Å². The number of likely N-dealkylation sites (tertiary alicyclic amines) is 1. The molecule has 0 spiro atoms. The van der Waals surface area contributed by atoms with Crippen molar-refractivity contribution in [3.63, 3.8) is 0 Å². The third kappa shape index (κ3) is 5.58. The van der Waals surface area contributed by atoms with Crippen molar-refractivity contribution < 1.29 is 14.5 Å². The van der Waals surface area contributed by atoms with Gasteiger partial charge in [0.25, 0.3) is 17.5 Å². The first-order valence-corrected chi connectivity index (χ1v) is 11.3. The Labute approximate surface area is 197 Å². The lowest BCUT2D eigenvalue weighted by Gasteiger charge is -2.26. The van der Waals surface area contributed by atoms with Gasteiger partial charge in [0, 0.05) is 42.5 Å². The second-order valence-corrected chi connectivity index (χ2v) is 8.22. The van der Waals surface area contributed by atoms with Crippen LogP contribution >= 0.6 is 0 Å². The number of anilines is 2. The standard InChI is InChI=1S/C26H26N4O4/c31-25(20-12-13-23(24(17-20)30(33)34)28-22-10-3-1-4-11-22)27-18-19-8-7-9-21(16-19)26(32)29-14-5-2-6-15-29/h1,3-4,7-13,16-17,28H,2,5-6,14-15,18H2,(H,27,31). The smallest absolute Gasteiger partial charge is 0.293 e. The van der Waals surface area contributed by atoms with Gasteiger partial charge in [-0.05, 0) is 61.2 Å². The molecular formula is C26H26N4O4. The van der Waals surface area contributed by atoms with E-state index in [-0.39, 0.29) is 23.7 Å². The Morgan fingerprint density at radius 1 is 0.882 bits per heavy atom. The number of rotatable bonds is 7. The molecule has 174 valence electrons. The number of carbonyl (C=O) groups excluding carboxylic acids is 2. The Hall–Kier alpha value is -4.20. The Morgan fingerprint density at radius 3 is 2.38 bits per heavy atom. The fourth-order valence-corrected chi connectivity index (χ4v) is 3.98. The van der Waals surface area contributed by atoms with E-state index >= 15 is 0 Å². The van der Waals surface area contributed by atoms with Gasteiger partial charge in [-0.25, -0.2) is 0 Å². The summed E-state index contributed by atoms with van der Waals surface area (Å²) in [6.45, 7) is 1.75. The maximum atomic E-state index is 12.7. The number of nitro benzene ring substituents is 1. The number of amides is 2. The van der Waals surface area contributed by atoms with Crippen LogP contribution in [0.3, 0.4) is 0 Å². The normalized spacial score (nSPS) is 13.2. The second kappa shape index (κ2) is 10.6. The highest BCUT2D eigenvalue weighted by molar-refractivity contribution is 5.96. The van der Waals surface area contributed by atoms with Crippen LogP contribution in [0, 0.1) is 10.1 Å². The van der Waals surface area contributed by atoms with Gasteiger partial charge in [0.05, 0.1) is 4.92 Å². The van der Waals surface area contributed by atoms with Gasteiger partial charge in [-0.2, -0.15) is 0 Å². The van der Waals surface area contributed by atoms with Crippen LogP contribution in [0.5, 0.6) is 0 Å². The third-order valence-corrected chi connectivity index (χ3v) is 5.78. The first-order valence-electron chi connectivity index (χ1n) is 11.3. The van der Waals surface area contributed by atoms with Crippen molar-refractivity contribution in [3.05, 3.63) is 99.6 Å². The van der Waals surface area contributed by atoms with Crippen molar-refractivity contribution in [1.82, 2.24) is 10.2 Å². The molecule has 1 heterocycles. The van der Waals surface area contributed by atoms with Crippen molar-refractivity contribution in [3.8, 4) is 0 Å². The van der Waals surface area contributed by atoms with Crippen LogP contribution in [-0.2, 0) is 6.54 Å². The number of hydrogen-bond donors (Lipinski definition) is 2. The zero-order valence-corrected chi connectivity index (χ0v) is 18.7. The average Bonchev–Trinajstić information content (AvgIpc) is 2.88. The van der Waals surface area contributed by atoms with E-state index in [0.717, 1.165) is 37.9 Å². The first-order chi connectivity index (χ1) is 16.5. The number of nitro groups is 1. The predicted molar refractivity (Wildman–Crippen MR) is 130 cm³/mol. The van der Waals surface area contributed by atoms with Gasteiger partial charge in [-0.15, -0.1) is 0 Å². The molecule has 1 aliphatic heterocycles. The van der Waals surface area contributed by atoms with E-state index < -0.39 is 10.8 Å². The number of carbonyl (C=O) groups is 2. The fourth-order valence-electron chi connectivity index (χ4n) is 3.98. The molecule has 3 aromatic carbocycles. The van der Waals surface area contributed by atoms with Gasteiger partial charge in [0.2, 0.25) is 0 Å². The lowest BCUT2D eigenvalue weighted by molar-refractivity contribution is -0.383. The maximum absolute atomic E-state index is 12.7. The van der Waals surface area contributed by atoms with Crippen molar-refractivity contribution in [2.24, 2.45) is 0 Å². The minimum Gasteiger partial charge on any atom is -0.350 e. The molecule has 1 saturated heterocycles. The predicted octanol–water partition coefficient (Wildman–Crippen LogP) is 4.89. The molecule has 0 aliphatic carbocycles. The Bertz CT molecular complexity index is 1190. The Kier molecular flexibility index (Phi) is 7.17. The zero-order chi connectivity index (χ0) is 23.9. The molecule has 8 heteroatoms. The molecule has 0 aromatic heterocycles. The quantitative estimate of drug-likeness (QED) is 0.387. The van der Waals surface area contributed by atoms with E-state index in [1.165, 1.54) is 12.1 Å². The molecule has 0 bridgehead atoms. The van der Waals surface area contributed by atoms with E-state index in [4.69, 9.17) is 0 Å². The summed E-state index contributed by atoms with van der Waals surface area (Å²) in [5, 5.41) is 17.4. The van der Waals surface area contributed by atoms with Crippen molar-refractivity contribution in [2.75, 3.05) is 18.4 Å². The summed E-state index contributed by atoms with van der Waals surface area (Å²) in [5.41, 5.74) is 2.39. The number of nitrogens with one attached hydrogen (secondary N) is 2. The van der Waals surface area contributed by atoms with E-state index in [1.807, 2.05) is 29.2 Å². The van der Waals surface area contributed by atoms with Crippen LogP contribution in [0.15, 0.2) is 72.8 Å². The summed E-state index contributed by atoms with van der Waals surface area (Å²) in [4.78, 5) is 38.4. The molecule has 1 aliphatic rings. The molecule has 34 heavy (non-hydrogen) atoms. The van der Waals surface area contributed by atoms with E-state index in [2.05, 4.69) is 10.6 Å². The summed E-state index contributed by atoms with van der Waals surface area (Å²) in [7, 11) is 0. The maximum Gasteiger partial charge on any atom is 0.293 e. The van der Waals surface area contributed by atoms with Crippen molar-refractivity contribution in [2.45, 2.75) is 25.8 Å². The van der Waals surface area contributed by atoms with Crippen LogP contribution in [0.1, 0.15) is 45.5 Å². The number of nitrogens with zero attached hydrogens (tertiary/aromatic N) is 2. The molecule has 1 fully saturated rings. The highest BCUT2D eigenvalue weighted by atomic mass is 16.6. The Balaban J connectivity index is 1.43. The Morgan fingerprint density at radius 2 is 1.65 bits per heavy atom. The first kappa shape index (κ1) is 23.0. The molecule has 8 nitrogen and oxygen atoms in total. The minimum absolute atomic E-state index is 0.00464. The summed E-state index contributed by atoms with van der Waals surface area (Å²) in [5.74, 6) is -0.424. The van der Waals surface area contributed by atoms with E-state index in [0.29, 0.717) is 16.9 Å². The van der Waals surface area contributed by atoms with Gasteiger partial charge < -0.3 is 15.5 Å². The molecule has 0 unspecified atom stereocenters. The molecule has 2 amide bonds. The van der Waals surface area contributed by atoms with Crippen LogP contribution in [0.2, 0.25) is 0 Å². The summed E-state index contributed by atoms with van der Waals surface area (Å²) < 4.78 is 0. The molecule has 3 aromatic rings. The van der Waals surface area contributed by atoms with Gasteiger partial charge in [-0.1, -0.05) is 30.3 Å². The monoisotopic (exact) mass is 458 g/mol. The highest BCUT2D eigenvalue weighted by Gasteiger charge is 2.19. The summed E-state index contributed by atoms with van der Waals surface area (Å²) >= 11 is 0. The van der Waals surface area contributed by atoms with Crippen molar-refractivity contribution >= 4 is 28.9 Å². The largest absolute Gasteiger partial charge is 0.350 e. The average molecular weight is 459 g/mol. The number of benzene rings is 3. The molecular weight excluding hydrogens is 432 g/mol. The molecule has 0 radical (unpaired) electrons. The third-order valence-electron chi connectivity index (χ3n) is 5.78. The lowest BCUT2D eigenvalue weighted by Crippen LogP contribution is -2.35. The van der Waals surface area contributed by atoms with Gasteiger partial charge in [0.1, 0.15) is 5.69 Å². The van der Waals surface area contributed by atoms with E-state index in [1.54, 1.807) is 36.4 Å². The van der Waals surface area contributed by atoms with Gasteiger partial charge in [0.15, 0.2) is 0 Å². The lowest BCUT2D eigenvalue weighted by atomic mass is 10.1. The van der Waals surface area contributed by atoms with Crippen LogP contribution in [-0.4, -0.2) is 34.7 Å². The summed E-state index contributed by atoms with van der Waals surface area (Å²) in [6.07, 6.45) is 3.19. The number of piperidine rings is 1. The van der Waals surface area contributed by atoms with Gasteiger partial charge >= 0.3 is 0 Å². The molecule has 4 rings (SSSR count). The SMILES string of the molecule is O=C(NCc1cccc(C(=O)N2CCCCC2)c1)c1ccc(Nc2ccccc2)c([N+](=O)[O-])c1. The minimum atomic E-state index is -0.516. The molecule has 0 saturated carbocycles. The molecule has 2 N–H and O–H groups in total. The van der Waals surface area contributed by atoms with Gasteiger partial charge in [-0.3, -0.25) is 19.7 Å². The van der Waals surface area contributed by atoms with E-state index in [9.17, 15) is 19.7 Å². The van der Waals surface area contributed by atoms with Crippen LogP contribution in [0.25, 0.3) is 0 Å². The summed E-state index contributed by atoms with van der Waals surface area (Å²) in [6, 6.07) is 20.6. The zero-order valence-electron chi connectivity index (χ0n) is 18.7. The number of para-hydroxylation sites is 1. The fraction of sp³-hybridized carbons (Fsp3) is 0.231. The number of hydrogen-bond acceptors (Lipinski definition) is 5. The highest BCUT2D eigenvalue weighted by Crippen LogP contribution is 2.28. The van der Waals surface area contributed by atoms with Crippen LogP contribution < -0.4 is 10.6 Å². The van der Waals surface area contributed by atoms with Crippen molar-refractivity contribution in [1.29, 1.82) is 0 Å². The topological polar surface area (TPSA) is 105 Å². The second-order valence-electron chi connectivity index (χ2n) is 8.22. The molecule has 0 atom stereocenters.